The number of halogens is 1. The Morgan fingerprint density at radius 2 is 2.22 bits per heavy atom. The highest BCUT2D eigenvalue weighted by atomic mass is 35.5. The van der Waals surface area contributed by atoms with Gasteiger partial charge in [0.25, 0.3) is 0 Å². The van der Waals surface area contributed by atoms with E-state index in [4.69, 9.17) is 22.1 Å². The van der Waals surface area contributed by atoms with E-state index in [2.05, 4.69) is 5.10 Å². The Morgan fingerprint density at radius 1 is 1.50 bits per heavy atom. The summed E-state index contributed by atoms with van der Waals surface area (Å²) >= 11 is 6.23. The first-order valence-corrected chi connectivity index (χ1v) is 7.07. The van der Waals surface area contributed by atoms with Crippen LogP contribution < -0.4 is 5.73 Å². The molecule has 1 aromatic rings. The second-order valence-electron chi connectivity index (χ2n) is 5.02. The monoisotopic (exact) mass is 271 g/mol. The van der Waals surface area contributed by atoms with Gasteiger partial charge in [-0.25, -0.2) is 0 Å². The van der Waals surface area contributed by atoms with Gasteiger partial charge in [-0.2, -0.15) is 5.10 Å². The second kappa shape index (κ2) is 6.55. The number of methoxy groups -OCH3 is 1. The third kappa shape index (κ3) is 3.05. The molecule has 0 bridgehead atoms. The maximum Gasteiger partial charge on any atom is 0.0834 e. The van der Waals surface area contributed by atoms with E-state index in [1.165, 1.54) is 32.1 Å². The lowest BCUT2D eigenvalue weighted by Crippen LogP contribution is -2.27. The summed E-state index contributed by atoms with van der Waals surface area (Å²) in [6.45, 7) is 1.33. The number of hydrogen-bond acceptors (Lipinski definition) is 3. The Morgan fingerprint density at radius 3 is 2.89 bits per heavy atom. The molecule has 0 saturated heterocycles. The van der Waals surface area contributed by atoms with E-state index in [-0.39, 0.29) is 6.04 Å². The molecule has 1 aliphatic carbocycles. The summed E-state index contributed by atoms with van der Waals surface area (Å²) < 4.78 is 6.98. The lowest BCUT2D eigenvalue weighted by molar-refractivity contribution is 0.180. The maximum absolute atomic E-state index is 6.40. The molecule has 2 rings (SSSR count). The molecule has 0 amide bonds. The first kappa shape index (κ1) is 13.8. The van der Waals surface area contributed by atoms with Gasteiger partial charge < -0.3 is 10.5 Å². The third-order valence-corrected chi connectivity index (χ3v) is 4.11. The molecule has 1 unspecified atom stereocenters. The highest BCUT2D eigenvalue weighted by Crippen LogP contribution is 2.35. The van der Waals surface area contributed by atoms with Gasteiger partial charge in [-0.05, 0) is 18.8 Å². The van der Waals surface area contributed by atoms with Crippen molar-refractivity contribution in [3.05, 3.63) is 16.9 Å². The first-order chi connectivity index (χ1) is 8.74. The molecular weight excluding hydrogens is 250 g/mol. The van der Waals surface area contributed by atoms with Crippen molar-refractivity contribution < 1.29 is 4.74 Å². The predicted molar refractivity (Wildman–Crippen MR) is 72.6 cm³/mol. The quantitative estimate of drug-likeness (QED) is 0.896. The van der Waals surface area contributed by atoms with Crippen LogP contribution in [0.3, 0.4) is 0 Å². The predicted octanol–water partition coefficient (Wildman–Crippen LogP) is 2.76. The van der Waals surface area contributed by atoms with Crippen molar-refractivity contribution in [3.8, 4) is 0 Å². The molecule has 1 aromatic heterocycles. The fourth-order valence-corrected chi connectivity index (χ4v) is 3.04. The summed E-state index contributed by atoms with van der Waals surface area (Å²) in [6, 6.07) is -0.00263. The Kier molecular flexibility index (Phi) is 5.03. The summed E-state index contributed by atoms with van der Waals surface area (Å²) in [6.07, 6.45) is 7.99. The molecule has 1 fully saturated rings. The molecule has 1 atom stereocenters. The molecule has 1 saturated carbocycles. The minimum absolute atomic E-state index is 0.00263. The number of ether oxygens (including phenoxy) is 1. The zero-order valence-corrected chi connectivity index (χ0v) is 11.7. The van der Waals surface area contributed by atoms with E-state index in [9.17, 15) is 0 Å². The summed E-state index contributed by atoms with van der Waals surface area (Å²) in [5.74, 6) is 0.536. The van der Waals surface area contributed by atoms with E-state index in [0.29, 0.717) is 24.1 Å². The molecule has 1 heterocycles. The van der Waals surface area contributed by atoms with Gasteiger partial charge in [0.2, 0.25) is 0 Å². The molecular formula is C13H22ClN3O. The number of hydrogen-bond donors (Lipinski definition) is 1. The fraction of sp³-hybridized carbons (Fsp3) is 0.769. The molecule has 2 N–H and O–H groups in total. The third-order valence-electron chi connectivity index (χ3n) is 3.81. The zero-order chi connectivity index (χ0) is 13.0. The SMILES string of the molecule is COCCn1ncc(Cl)c1C(N)C1CCCCC1. The van der Waals surface area contributed by atoms with Crippen molar-refractivity contribution >= 4 is 11.6 Å². The highest BCUT2D eigenvalue weighted by Gasteiger charge is 2.26. The Balaban J connectivity index is 2.12. The van der Waals surface area contributed by atoms with Crippen LogP contribution in [0.5, 0.6) is 0 Å². The van der Waals surface area contributed by atoms with Gasteiger partial charge >= 0.3 is 0 Å². The summed E-state index contributed by atoms with van der Waals surface area (Å²) in [4.78, 5) is 0. The molecule has 4 nitrogen and oxygen atoms in total. The van der Waals surface area contributed by atoms with Crippen LogP contribution in [0.1, 0.15) is 43.8 Å². The molecule has 0 spiro atoms. The van der Waals surface area contributed by atoms with Crippen LogP contribution in [-0.2, 0) is 11.3 Å². The van der Waals surface area contributed by atoms with Crippen molar-refractivity contribution in [2.45, 2.75) is 44.7 Å². The number of aromatic nitrogens is 2. The highest BCUT2D eigenvalue weighted by molar-refractivity contribution is 6.31. The topological polar surface area (TPSA) is 53.1 Å². The Labute approximate surface area is 113 Å². The molecule has 5 heteroatoms. The maximum atomic E-state index is 6.40. The van der Waals surface area contributed by atoms with Gasteiger partial charge in [0, 0.05) is 7.11 Å². The first-order valence-electron chi connectivity index (χ1n) is 6.69. The smallest absolute Gasteiger partial charge is 0.0834 e. The lowest BCUT2D eigenvalue weighted by atomic mass is 9.83. The average molecular weight is 272 g/mol. The van der Waals surface area contributed by atoms with E-state index in [0.717, 1.165) is 5.69 Å². The number of nitrogens with two attached hydrogens (primary N) is 1. The van der Waals surface area contributed by atoms with E-state index >= 15 is 0 Å². The minimum atomic E-state index is -0.00263. The Bertz CT molecular complexity index is 374. The molecule has 102 valence electrons. The molecule has 0 radical (unpaired) electrons. The molecule has 0 aliphatic heterocycles. The van der Waals surface area contributed by atoms with E-state index in [1.54, 1.807) is 13.3 Å². The van der Waals surface area contributed by atoms with Crippen molar-refractivity contribution in [2.24, 2.45) is 11.7 Å². The fourth-order valence-electron chi connectivity index (χ4n) is 2.78. The average Bonchev–Trinajstić information content (AvgIpc) is 2.77. The van der Waals surface area contributed by atoms with Gasteiger partial charge in [-0.15, -0.1) is 0 Å². The van der Waals surface area contributed by atoms with Crippen LogP contribution in [0, 0.1) is 5.92 Å². The van der Waals surface area contributed by atoms with Crippen LogP contribution >= 0.6 is 11.6 Å². The second-order valence-corrected chi connectivity index (χ2v) is 5.42. The molecule has 1 aliphatic rings. The van der Waals surface area contributed by atoms with Crippen LogP contribution in [0.15, 0.2) is 6.20 Å². The minimum Gasteiger partial charge on any atom is -0.383 e. The summed E-state index contributed by atoms with van der Waals surface area (Å²) in [5.41, 5.74) is 7.37. The van der Waals surface area contributed by atoms with E-state index < -0.39 is 0 Å². The van der Waals surface area contributed by atoms with Crippen molar-refractivity contribution in [1.82, 2.24) is 9.78 Å². The van der Waals surface area contributed by atoms with Gasteiger partial charge in [0.1, 0.15) is 0 Å². The van der Waals surface area contributed by atoms with Crippen molar-refractivity contribution in [3.63, 3.8) is 0 Å². The van der Waals surface area contributed by atoms with Crippen LogP contribution in [0.25, 0.3) is 0 Å². The molecule has 18 heavy (non-hydrogen) atoms. The normalized spacial score (nSPS) is 19.1. The Hall–Kier alpha value is -0.580. The van der Waals surface area contributed by atoms with Crippen LogP contribution in [-0.4, -0.2) is 23.5 Å². The van der Waals surface area contributed by atoms with Gasteiger partial charge in [-0.3, -0.25) is 4.68 Å². The number of rotatable bonds is 5. The van der Waals surface area contributed by atoms with Crippen LogP contribution in [0.4, 0.5) is 0 Å². The van der Waals surface area contributed by atoms with Crippen molar-refractivity contribution in [1.29, 1.82) is 0 Å². The van der Waals surface area contributed by atoms with Crippen molar-refractivity contribution in [2.75, 3.05) is 13.7 Å². The van der Waals surface area contributed by atoms with E-state index in [1.807, 2.05) is 4.68 Å². The lowest BCUT2D eigenvalue weighted by Gasteiger charge is -2.28. The van der Waals surface area contributed by atoms with Gasteiger partial charge in [0.05, 0.1) is 36.1 Å². The number of nitrogens with zero attached hydrogens (tertiary/aromatic N) is 2. The van der Waals surface area contributed by atoms with Gasteiger partial charge in [-0.1, -0.05) is 30.9 Å². The summed E-state index contributed by atoms with van der Waals surface area (Å²) in [5, 5.41) is 4.98. The van der Waals surface area contributed by atoms with Gasteiger partial charge in [0.15, 0.2) is 0 Å². The zero-order valence-electron chi connectivity index (χ0n) is 10.9. The standard InChI is InChI=1S/C13H22ClN3O/c1-18-8-7-17-13(11(14)9-16-17)12(15)10-5-3-2-4-6-10/h9-10,12H,2-8,15H2,1H3. The van der Waals surface area contributed by atoms with Crippen LogP contribution in [0.2, 0.25) is 5.02 Å². The summed E-state index contributed by atoms with van der Waals surface area (Å²) in [7, 11) is 1.69. The molecule has 0 aromatic carbocycles. The largest absolute Gasteiger partial charge is 0.383 e.